The maximum atomic E-state index is 10.8. The van der Waals surface area contributed by atoms with Crippen molar-refractivity contribution in [3.8, 4) is 11.5 Å². The minimum Gasteiger partial charge on any atom is -0.409 e. The Balaban J connectivity index is 1.82. The fourth-order valence-corrected chi connectivity index (χ4v) is 2.79. The normalized spacial score (nSPS) is 18.9. The third kappa shape index (κ3) is 3.63. The smallest absolute Gasteiger partial charge is 0.288 e. The lowest BCUT2D eigenvalue weighted by Gasteiger charge is -2.29. The molecule has 3 rings (SSSR count). The van der Waals surface area contributed by atoms with Crippen LogP contribution in [0.15, 0.2) is 28.7 Å². The van der Waals surface area contributed by atoms with Crippen molar-refractivity contribution in [2.75, 3.05) is 13.1 Å². The molecule has 8 nitrogen and oxygen atoms in total. The number of piperidine rings is 1. The predicted molar refractivity (Wildman–Crippen MR) is 84.2 cm³/mol. The number of β-amino-alcohol motifs (C(OH)–C–C–N with tert-alkyl or cyclic N) is 1. The highest BCUT2D eigenvalue weighted by Crippen LogP contribution is 2.23. The number of aliphatic hydroxyl groups is 1. The van der Waals surface area contributed by atoms with E-state index in [0.29, 0.717) is 18.8 Å². The van der Waals surface area contributed by atoms with Crippen molar-refractivity contribution in [1.82, 2.24) is 14.7 Å². The van der Waals surface area contributed by atoms with Gasteiger partial charge >= 0.3 is 0 Å². The molecule has 0 bridgehead atoms. The summed E-state index contributed by atoms with van der Waals surface area (Å²) in [6.07, 6.45) is 1.39. The number of aromatic nitrogens is 2. The van der Waals surface area contributed by atoms with Gasteiger partial charge in [0.05, 0.1) is 17.7 Å². The second-order valence-corrected chi connectivity index (χ2v) is 5.84. The summed E-state index contributed by atoms with van der Waals surface area (Å²) in [6.45, 7) is 1.85. The van der Waals surface area contributed by atoms with E-state index in [1.807, 2.05) is 4.90 Å². The number of nitro benzene ring substituents is 1. The number of hydrogen-bond acceptors (Lipinski definition) is 7. The summed E-state index contributed by atoms with van der Waals surface area (Å²) in [5, 5.41) is 24.9. The van der Waals surface area contributed by atoms with Gasteiger partial charge in [-0.1, -0.05) is 6.07 Å². The molecule has 1 aromatic carbocycles. The molecule has 122 valence electrons. The topological polar surface area (TPSA) is 97.6 Å². The summed E-state index contributed by atoms with van der Waals surface area (Å²) in [5.41, 5.74) is 0.472. The zero-order chi connectivity index (χ0) is 16.4. The molecule has 0 aliphatic carbocycles. The van der Waals surface area contributed by atoms with Crippen LogP contribution in [-0.2, 0) is 6.67 Å². The zero-order valence-corrected chi connectivity index (χ0v) is 13.1. The van der Waals surface area contributed by atoms with E-state index in [9.17, 15) is 15.2 Å². The number of aliphatic hydroxyl groups excluding tert-OH is 1. The van der Waals surface area contributed by atoms with Crippen LogP contribution < -0.4 is 0 Å². The molecular formula is C14H16N4O4S. The summed E-state index contributed by atoms with van der Waals surface area (Å²) < 4.78 is 6.99. The lowest BCUT2D eigenvalue weighted by atomic mass is 10.1. The Morgan fingerprint density at radius 3 is 3.09 bits per heavy atom. The van der Waals surface area contributed by atoms with E-state index in [4.69, 9.17) is 16.6 Å². The van der Waals surface area contributed by atoms with Crippen molar-refractivity contribution < 1.29 is 14.4 Å². The Kier molecular flexibility index (Phi) is 4.51. The third-order valence-electron chi connectivity index (χ3n) is 3.72. The lowest BCUT2D eigenvalue weighted by Crippen LogP contribution is -2.39. The molecule has 1 fully saturated rings. The summed E-state index contributed by atoms with van der Waals surface area (Å²) in [6, 6.07) is 6.06. The van der Waals surface area contributed by atoms with Gasteiger partial charge in [-0.2, -0.15) is 0 Å². The van der Waals surface area contributed by atoms with Crippen LogP contribution >= 0.6 is 12.2 Å². The molecule has 2 aromatic rings. The van der Waals surface area contributed by atoms with E-state index >= 15 is 0 Å². The highest BCUT2D eigenvalue weighted by molar-refractivity contribution is 7.71. The first-order valence-corrected chi connectivity index (χ1v) is 7.67. The maximum absolute atomic E-state index is 10.8. The van der Waals surface area contributed by atoms with Crippen LogP contribution in [-0.4, -0.2) is 43.9 Å². The van der Waals surface area contributed by atoms with Crippen LogP contribution in [0, 0.1) is 15.0 Å². The monoisotopic (exact) mass is 336 g/mol. The Bertz CT molecular complexity index is 772. The molecule has 2 heterocycles. The summed E-state index contributed by atoms with van der Waals surface area (Å²) in [5.74, 6) is 0.247. The van der Waals surface area contributed by atoms with Crippen LogP contribution in [0.4, 0.5) is 5.69 Å². The van der Waals surface area contributed by atoms with E-state index in [1.165, 1.54) is 16.8 Å². The maximum Gasteiger partial charge on any atom is 0.288 e. The molecule has 1 N–H and O–H groups in total. The first-order chi connectivity index (χ1) is 11.0. The predicted octanol–water partition coefficient (Wildman–Crippen LogP) is 2.19. The molecule has 0 amide bonds. The second-order valence-electron chi connectivity index (χ2n) is 5.49. The SMILES string of the molecule is O=[N+]([O-])c1cccc(-c2nn(CN3CCC[C@@H](O)C3)c(=S)o2)c1. The van der Waals surface area contributed by atoms with Crippen LogP contribution in [0.2, 0.25) is 0 Å². The van der Waals surface area contributed by atoms with Crippen molar-refractivity contribution in [2.24, 2.45) is 0 Å². The van der Waals surface area contributed by atoms with Crippen molar-refractivity contribution in [3.05, 3.63) is 39.2 Å². The molecule has 0 radical (unpaired) electrons. The number of hydrogen-bond donors (Lipinski definition) is 1. The minimum absolute atomic E-state index is 0.0303. The van der Waals surface area contributed by atoms with Crippen LogP contribution in [0.1, 0.15) is 12.8 Å². The lowest BCUT2D eigenvalue weighted by molar-refractivity contribution is -0.384. The first-order valence-electron chi connectivity index (χ1n) is 7.26. The first kappa shape index (κ1) is 15.8. The van der Waals surface area contributed by atoms with Crippen molar-refractivity contribution in [2.45, 2.75) is 25.6 Å². The Morgan fingerprint density at radius 2 is 2.35 bits per heavy atom. The molecule has 1 aromatic heterocycles. The number of rotatable bonds is 4. The Labute approximate surface area is 137 Å². The molecule has 9 heteroatoms. The number of likely N-dealkylation sites (tertiary alicyclic amines) is 1. The largest absolute Gasteiger partial charge is 0.409 e. The van der Waals surface area contributed by atoms with Crippen molar-refractivity contribution in [1.29, 1.82) is 0 Å². The molecule has 1 atom stereocenters. The quantitative estimate of drug-likeness (QED) is 0.519. The Hall–Kier alpha value is -2.10. The molecular weight excluding hydrogens is 320 g/mol. The molecule has 1 saturated heterocycles. The van der Waals surface area contributed by atoms with Gasteiger partial charge < -0.3 is 9.52 Å². The van der Waals surface area contributed by atoms with Crippen molar-refractivity contribution >= 4 is 17.9 Å². The highest BCUT2D eigenvalue weighted by Gasteiger charge is 2.19. The van der Waals surface area contributed by atoms with E-state index < -0.39 is 4.92 Å². The van der Waals surface area contributed by atoms with Crippen LogP contribution in [0.25, 0.3) is 11.5 Å². The molecule has 23 heavy (non-hydrogen) atoms. The summed E-state index contributed by atoms with van der Waals surface area (Å²) in [4.78, 5) is 12.6. The molecule has 1 aliphatic heterocycles. The number of nitrogens with zero attached hydrogens (tertiary/aromatic N) is 4. The van der Waals surface area contributed by atoms with Gasteiger partial charge in [0, 0.05) is 30.8 Å². The molecule has 1 aliphatic rings. The molecule has 0 spiro atoms. The van der Waals surface area contributed by atoms with Gasteiger partial charge in [0.2, 0.25) is 5.89 Å². The summed E-state index contributed by atoms with van der Waals surface area (Å²) in [7, 11) is 0. The van der Waals surface area contributed by atoms with Crippen LogP contribution in [0.5, 0.6) is 0 Å². The van der Waals surface area contributed by atoms with E-state index in [0.717, 1.165) is 19.4 Å². The average molecular weight is 336 g/mol. The van der Waals surface area contributed by atoms with Gasteiger partial charge in [0.15, 0.2) is 0 Å². The molecule has 0 unspecified atom stereocenters. The minimum atomic E-state index is -0.468. The zero-order valence-electron chi connectivity index (χ0n) is 12.3. The van der Waals surface area contributed by atoms with Gasteiger partial charge in [0.25, 0.3) is 10.5 Å². The fourth-order valence-electron chi connectivity index (χ4n) is 2.61. The standard InChI is InChI=1S/C14H16N4O4S/c19-12-5-2-6-16(8-12)9-17-14(23)22-13(15-17)10-3-1-4-11(7-10)18(20)21/h1,3-4,7,12,19H,2,5-6,8-9H2/t12-/m1/s1. The third-order valence-corrected chi connectivity index (χ3v) is 4.02. The van der Waals surface area contributed by atoms with Gasteiger partial charge in [-0.25, -0.2) is 4.68 Å². The average Bonchev–Trinajstić information content (AvgIpc) is 2.88. The van der Waals surface area contributed by atoms with E-state index in [2.05, 4.69) is 5.10 Å². The van der Waals surface area contributed by atoms with Gasteiger partial charge in [-0.15, -0.1) is 5.10 Å². The van der Waals surface area contributed by atoms with Crippen molar-refractivity contribution in [3.63, 3.8) is 0 Å². The fraction of sp³-hybridized carbons (Fsp3) is 0.429. The second kappa shape index (κ2) is 6.57. The van der Waals surface area contributed by atoms with Gasteiger partial charge in [-0.05, 0) is 31.1 Å². The van der Waals surface area contributed by atoms with Gasteiger partial charge in [-0.3, -0.25) is 15.0 Å². The molecule has 0 saturated carbocycles. The summed E-state index contributed by atoms with van der Waals surface area (Å²) >= 11 is 5.17. The number of non-ortho nitro benzene ring substituents is 1. The van der Waals surface area contributed by atoms with Crippen LogP contribution in [0.3, 0.4) is 0 Å². The van der Waals surface area contributed by atoms with E-state index in [1.54, 1.807) is 12.1 Å². The highest BCUT2D eigenvalue weighted by atomic mass is 32.1. The Morgan fingerprint density at radius 1 is 1.52 bits per heavy atom. The van der Waals surface area contributed by atoms with Gasteiger partial charge in [0.1, 0.15) is 0 Å². The van der Waals surface area contributed by atoms with E-state index in [-0.39, 0.29) is 22.5 Å². The number of benzene rings is 1. The number of nitro groups is 1.